The van der Waals surface area contributed by atoms with Crippen LogP contribution in [0, 0.1) is 11.3 Å². The topological polar surface area (TPSA) is 32.7 Å². The van der Waals surface area contributed by atoms with E-state index in [4.69, 9.17) is 16.7 Å². The van der Waals surface area contributed by atoms with Gasteiger partial charge in [0.25, 0.3) is 0 Å². The molecule has 28 heavy (non-hydrogen) atoms. The van der Waals surface area contributed by atoms with Crippen LogP contribution in [0.3, 0.4) is 0 Å². The van der Waals surface area contributed by atoms with Crippen molar-refractivity contribution >= 4 is 17.3 Å². The van der Waals surface area contributed by atoms with Crippen molar-refractivity contribution in [3.8, 4) is 5.75 Å². The fourth-order valence-electron chi connectivity index (χ4n) is 4.42. The highest BCUT2D eigenvalue weighted by Crippen LogP contribution is 2.48. The average molecular weight is 422 g/mol. The van der Waals surface area contributed by atoms with Crippen LogP contribution in [-0.4, -0.2) is 31.2 Å². The van der Waals surface area contributed by atoms with E-state index in [9.17, 15) is 13.2 Å². The lowest BCUT2D eigenvalue weighted by Crippen LogP contribution is -2.42. The number of rotatable bonds is 4. The lowest BCUT2D eigenvalue weighted by atomic mass is 9.65. The average Bonchev–Trinajstić information content (AvgIpc) is 2.67. The molecule has 0 aromatic heterocycles. The minimum Gasteiger partial charge on any atom is -0.406 e. The molecule has 1 spiro atoms. The molecule has 160 valence electrons. The van der Waals surface area contributed by atoms with E-state index in [1.165, 1.54) is 31.0 Å². The summed E-state index contributed by atoms with van der Waals surface area (Å²) in [6, 6.07) is 4.08. The smallest absolute Gasteiger partial charge is 0.406 e. The second kappa shape index (κ2) is 10.1. The van der Waals surface area contributed by atoms with Crippen LogP contribution in [0.5, 0.6) is 5.75 Å². The molecule has 1 saturated carbocycles. The second-order valence-corrected chi connectivity index (χ2v) is 8.01. The van der Waals surface area contributed by atoms with Crippen LogP contribution in [0.2, 0.25) is 5.02 Å². The summed E-state index contributed by atoms with van der Waals surface area (Å²) in [5, 5.41) is 9.55. The number of anilines is 1. The van der Waals surface area contributed by atoms with Crippen LogP contribution < -0.4 is 9.64 Å². The number of hydrogen-bond donors (Lipinski definition) is 1. The molecule has 0 amide bonds. The van der Waals surface area contributed by atoms with Gasteiger partial charge >= 0.3 is 6.36 Å². The zero-order valence-corrected chi connectivity index (χ0v) is 17.5. The zero-order chi connectivity index (χ0) is 20.8. The summed E-state index contributed by atoms with van der Waals surface area (Å²) in [6.45, 7) is 5.85. The first-order chi connectivity index (χ1) is 13.3. The highest BCUT2D eigenvalue weighted by molar-refractivity contribution is 6.33. The Labute approximate surface area is 170 Å². The quantitative estimate of drug-likeness (QED) is 0.608. The Morgan fingerprint density at radius 3 is 2.29 bits per heavy atom. The summed E-state index contributed by atoms with van der Waals surface area (Å²) < 4.78 is 41.4. The van der Waals surface area contributed by atoms with Gasteiger partial charge in [-0.25, -0.2) is 0 Å². The van der Waals surface area contributed by atoms with Crippen molar-refractivity contribution in [3.05, 3.63) is 23.2 Å². The fourth-order valence-corrected chi connectivity index (χ4v) is 4.65. The van der Waals surface area contributed by atoms with E-state index in [-0.39, 0.29) is 12.4 Å². The molecule has 0 atom stereocenters. The van der Waals surface area contributed by atoms with E-state index in [0.29, 0.717) is 22.0 Å². The maximum atomic E-state index is 12.5. The predicted molar refractivity (Wildman–Crippen MR) is 107 cm³/mol. The highest BCUT2D eigenvalue weighted by atomic mass is 35.5. The molecule has 2 fully saturated rings. The van der Waals surface area contributed by atoms with Gasteiger partial charge in [-0.05, 0) is 68.4 Å². The standard InChI is InChI=1S/C19H25ClF3NO2.C2H6/c20-16-2-1-15(26-19(21,22)23)13-17(16)24-10-8-18(9-11-24)6-3-14(4-7-18)5-12-25;1-2/h1-2,13-14,25H,3-12H2;1-2H3. The Bertz CT molecular complexity index is 606. The van der Waals surface area contributed by atoms with Crippen LogP contribution in [0.15, 0.2) is 18.2 Å². The van der Waals surface area contributed by atoms with Gasteiger partial charge in [-0.1, -0.05) is 25.4 Å². The zero-order valence-electron chi connectivity index (χ0n) is 16.7. The van der Waals surface area contributed by atoms with Crippen molar-refractivity contribution in [2.75, 3.05) is 24.6 Å². The second-order valence-electron chi connectivity index (χ2n) is 7.60. The molecular formula is C21H31ClF3NO2. The van der Waals surface area contributed by atoms with Gasteiger partial charge in [-0.2, -0.15) is 0 Å². The van der Waals surface area contributed by atoms with Crippen molar-refractivity contribution in [1.82, 2.24) is 0 Å². The van der Waals surface area contributed by atoms with Gasteiger partial charge in [0, 0.05) is 25.8 Å². The molecule has 1 aliphatic carbocycles. The summed E-state index contributed by atoms with van der Waals surface area (Å²) in [6.07, 6.45) is 2.92. The first-order valence-corrected chi connectivity index (χ1v) is 10.6. The number of ether oxygens (including phenoxy) is 1. The van der Waals surface area contributed by atoms with Gasteiger partial charge in [0.15, 0.2) is 0 Å². The summed E-state index contributed by atoms with van der Waals surface area (Å²) in [5.41, 5.74) is 0.951. The van der Waals surface area contributed by atoms with E-state index in [1.807, 2.05) is 13.8 Å². The monoisotopic (exact) mass is 421 g/mol. The van der Waals surface area contributed by atoms with Crippen LogP contribution in [0.1, 0.15) is 58.8 Å². The minimum atomic E-state index is -4.70. The molecule has 1 N–H and O–H groups in total. The Morgan fingerprint density at radius 2 is 1.75 bits per heavy atom. The lowest BCUT2D eigenvalue weighted by molar-refractivity contribution is -0.274. The Kier molecular flexibility index (Phi) is 8.31. The van der Waals surface area contributed by atoms with Crippen molar-refractivity contribution < 1.29 is 23.0 Å². The molecule has 3 nitrogen and oxygen atoms in total. The van der Waals surface area contributed by atoms with Crippen molar-refractivity contribution in [2.24, 2.45) is 11.3 Å². The van der Waals surface area contributed by atoms with E-state index in [0.717, 1.165) is 45.2 Å². The Morgan fingerprint density at radius 1 is 1.14 bits per heavy atom. The van der Waals surface area contributed by atoms with Crippen molar-refractivity contribution in [1.29, 1.82) is 0 Å². The normalized spacial score (nSPS) is 19.9. The summed E-state index contributed by atoms with van der Waals surface area (Å²) in [4.78, 5) is 2.07. The molecule has 7 heteroatoms. The largest absolute Gasteiger partial charge is 0.573 e. The number of benzene rings is 1. The lowest BCUT2D eigenvalue weighted by Gasteiger charge is -2.46. The molecule has 1 aliphatic heterocycles. The van der Waals surface area contributed by atoms with E-state index >= 15 is 0 Å². The van der Waals surface area contributed by atoms with Crippen molar-refractivity contribution in [2.45, 2.75) is 65.2 Å². The molecule has 1 saturated heterocycles. The SMILES string of the molecule is CC.OCCC1CCC2(CC1)CCN(c1cc(OC(F)(F)F)ccc1Cl)CC2. The van der Waals surface area contributed by atoms with Crippen LogP contribution >= 0.6 is 11.6 Å². The molecular weight excluding hydrogens is 391 g/mol. The molecule has 3 rings (SSSR count). The molecule has 0 bridgehead atoms. The van der Waals surface area contributed by atoms with E-state index < -0.39 is 6.36 Å². The third-order valence-corrected chi connectivity index (χ3v) is 6.34. The molecule has 1 aromatic carbocycles. The molecule has 0 radical (unpaired) electrons. The van der Waals surface area contributed by atoms with Gasteiger partial charge in [-0.15, -0.1) is 13.2 Å². The highest BCUT2D eigenvalue weighted by Gasteiger charge is 2.38. The van der Waals surface area contributed by atoms with Crippen LogP contribution in [0.25, 0.3) is 0 Å². The predicted octanol–water partition coefficient (Wildman–Crippen LogP) is 6.42. The minimum absolute atomic E-state index is 0.235. The first-order valence-electron chi connectivity index (χ1n) is 10.2. The van der Waals surface area contributed by atoms with Gasteiger partial charge in [0.05, 0.1) is 10.7 Å². The van der Waals surface area contributed by atoms with E-state index in [2.05, 4.69) is 9.64 Å². The van der Waals surface area contributed by atoms with Crippen LogP contribution in [-0.2, 0) is 0 Å². The third kappa shape index (κ3) is 6.18. The number of alkyl halides is 3. The maximum Gasteiger partial charge on any atom is 0.573 e. The maximum absolute atomic E-state index is 12.5. The molecule has 1 aromatic rings. The van der Waals surface area contributed by atoms with Crippen molar-refractivity contribution in [3.63, 3.8) is 0 Å². The number of hydrogen-bond acceptors (Lipinski definition) is 3. The van der Waals surface area contributed by atoms with Gasteiger partial charge in [0.2, 0.25) is 0 Å². The first kappa shape index (κ1) is 23.1. The number of aliphatic hydroxyl groups is 1. The van der Waals surface area contributed by atoms with Gasteiger partial charge in [-0.3, -0.25) is 0 Å². The fraction of sp³-hybridized carbons (Fsp3) is 0.714. The van der Waals surface area contributed by atoms with Crippen LogP contribution in [0.4, 0.5) is 18.9 Å². The Hall–Kier alpha value is -1.14. The number of nitrogens with zero attached hydrogens (tertiary/aromatic N) is 1. The number of piperidine rings is 1. The summed E-state index contributed by atoms with van der Waals surface area (Å²) >= 11 is 6.23. The third-order valence-electron chi connectivity index (χ3n) is 6.02. The molecule has 2 aliphatic rings. The van der Waals surface area contributed by atoms with E-state index in [1.54, 1.807) is 0 Å². The number of aliphatic hydroxyl groups excluding tert-OH is 1. The summed E-state index contributed by atoms with van der Waals surface area (Å²) in [5.74, 6) is 0.399. The Balaban J connectivity index is 0.00000136. The molecule has 1 heterocycles. The molecule has 0 unspecified atom stereocenters. The number of halogens is 4. The van der Waals surface area contributed by atoms with Gasteiger partial charge in [0.1, 0.15) is 5.75 Å². The van der Waals surface area contributed by atoms with Gasteiger partial charge < -0.3 is 14.7 Å². The summed E-state index contributed by atoms with van der Waals surface area (Å²) in [7, 11) is 0.